The van der Waals surface area contributed by atoms with Crippen molar-refractivity contribution in [3.63, 3.8) is 0 Å². The van der Waals surface area contributed by atoms with Gasteiger partial charge in [0.05, 0.1) is 5.69 Å². The Morgan fingerprint density at radius 3 is 2.66 bits per heavy atom. The van der Waals surface area contributed by atoms with Gasteiger partial charge in [-0.2, -0.15) is 0 Å². The molecule has 1 aliphatic rings. The number of ketones is 1. The molecule has 2 amide bonds. The molecule has 0 saturated carbocycles. The van der Waals surface area contributed by atoms with Gasteiger partial charge in [-0.3, -0.25) is 19.3 Å². The molecule has 1 N–H and O–H groups in total. The van der Waals surface area contributed by atoms with E-state index >= 15 is 0 Å². The third kappa shape index (κ3) is 6.00. The van der Waals surface area contributed by atoms with Gasteiger partial charge in [-0.05, 0) is 55.3 Å². The molecule has 0 fully saturated rings. The van der Waals surface area contributed by atoms with Crippen LogP contribution in [0.2, 0.25) is 5.02 Å². The highest BCUT2D eigenvalue weighted by Gasteiger charge is 2.33. The number of carbonyl (C=O) groups is 3. The van der Waals surface area contributed by atoms with Crippen LogP contribution >= 0.6 is 11.6 Å². The maximum Gasteiger partial charge on any atom is 0.265 e. The zero-order valence-electron chi connectivity index (χ0n) is 19.2. The van der Waals surface area contributed by atoms with Crippen molar-refractivity contribution < 1.29 is 23.9 Å². The second-order valence-corrected chi connectivity index (χ2v) is 8.54. The Kier molecular flexibility index (Phi) is 7.67. The number of anilines is 1. The predicted molar refractivity (Wildman–Crippen MR) is 133 cm³/mol. The minimum atomic E-state index is -0.783. The fourth-order valence-electron chi connectivity index (χ4n) is 3.80. The number of Topliss-reactive ketones (excluding diaryl/α,β-unsaturated/α-hetero) is 1. The van der Waals surface area contributed by atoms with Crippen LogP contribution in [0.4, 0.5) is 5.69 Å². The molecule has 0 aromatic heterocycles. The monoisotopic (exact) mass is 492 g/mol. The van der Waals surface area contributed by atoms with Gasteiger partial charge in [-0.1, -0.05) is 48.0 Å². The standard InChI is InChI=1S/C27H25ClN2O5/c1-18(27(33)29-13-12-19-6-3-2-4-7-19)30-23-14-20(10-11-25(23)35-17-26(30)32)24(31)16-34-22-9-5-8-21(28)15-22/h2-11,14-15,18H,12-13,16-17H2,1H3,(H,29,33). The first-order valence-electron chi connectivity index (χ1n) is 11.2. The number of carbonyl (C=O) groups excluding carboxylic acids is 3. The lowest BCUT2D eigenvalue weighted by atomic mass is 10.1. The van der Waals surface area contributed by atoms with Gasteiger partial charge in [-0.15, -0.1) is 0 Å². The van der Waals surface area contributed by atoms with E-state index in [1.54, 1.807) is 49.4 Å². The smallest absolute Gasteiger partial charge is 0.265 e. The first kappa shape index (κ1) is 24.3. The maximum absolute atomic E-state index is 12.8. The van der Waals surface area contributed by atoms with E-state index < -0.39 is 6.04 Å². The van der Waals surface area contributed by atoms with E-state index in [9.17, 15) is 14.4 Å². The summed E-state index contributed by atoms with van der Waals surface area (Å²) < 4.78 is 11.1. The molecule has 0 aliphatic carbocycles. The van der Waals surface area contributed by atoms with E-state index in [-0.39, 0.29) is 30.8 Å². The molecule has 0 bridgehead atoms. The number of rotatable bonds is 9. The summed E-state index contributed by atoms with van der Waals surface area (Å²) in [6.45, 7) is 1.71. The Labute approximate surface area is 208 Å². The summed E-state index contributed by atoms with van der Waals surface area (Å²) in [5.74, 6) is -0.0255. The van der Waals surface area contributed by atoms with Gasteiger partial charge in [0.15, 0.2) is 19.0 Å². The molecule has 1 unspecified atom stereocenters. The number of fused-ring (bicyclic) bond motifs is 1. The average molecular weight is 493 g/mol. The van der Waals surface area contributed by atoms with Gasteiger partial charge in [0.1, 0.15) is 17.5 Å². The summed E-state index contributed by atoms with van der Waals surface area (Å²) in [4.78, 5) is 39.7. The van der Waals surface area contributed by atoms with E-state index in [1.165, 1.54) is 4.90 Å². The van der Waals surface area contributed by atoms with Crippen LogP contribution in [0.1, 0.15) is 22.8 Å². The fourth-order valence-corrected chi connectivity index (χ4v) is 3.98. The minimum Gasteiger partial charge on any atom is -0.485 e. The average Bonchev–Trinajstić information content (AvgIpc) is 2.87. The van der Waals surface area contributed by atoms with Gasteiger partial charge < -0.3 is 14.8 Å². The first-order chi connectivity index (χ1) is 16.9. The van der Waals surface area contributed by atoms with Gasteiger partial charge in [0.25, 0.3) is 5.91 Å². The zero-order valence-corrected chi connectivity index (χ0v) is 20.0. The molecule has 1 heterocycles. The van der Waals surface area contributed by atoms with Crippen LogP contribution in [0.25, 0.3) is 0 Å². The lowest BCUT2D eigenvalue weighted by molar-refractivity contribution is -0.127. The van der Waals surface area contributed by atoms with Gasteiger partial charge >= 0.3 is 0 Å². The highest BCUT2D eigenvalue weighted by Crippen LogP contribution is 2.34. The first-order valence-corrected chi connectivity index (χ1v) is 11.6. The molecule has 180 valence electrons. The molecule has 4 rings (SSSR count). The second kappa shape index (κ2) is 11.1. The summed E-state index contributed by atoms with van der Waals surface area (Å²) in [7, 11) is 0. The van der Waals surface area contributed by atoms with Crippen LogP contribution in [-0.4, -0.2) is 43.4 Å². The SMILES string of the molecule is CC(C(=O)NCCc1ccccc1)N1C(=O)COc2ccc(C(=O)COc3cccc(Cl)c3)cc21. The predicted octanol–water partition coefficient (Wildman–Crippen LogP) is 4.07. The number of benzene rings is 3. The molecular formula is C27H25ClN2O5. The largest absolute Gasteiger partial charge is 0.485 e. The van der Waals surface area contributed by atoms with Gasteiger partial charge in [0.2, 0.25) is 5.91 Å². The Bertz CT molecular complexity index is 1230. The molecule has 8 heteroatoms. The highest BCUT2D eigenvalue weighted by molar-refractivity contribution is 6.30. The molecule has 1 aliphatic heterocycles. The van der Waals surface area contributed by atoms with Gasteiger partial charge in [0, 0.05) is 17.1 Å². The number of amides is 2. The van der Waals surface area contributed by atoms with Crippen molar-refractivity contribution in [3.05, 3.63) is 88.9 Å². The summed E-state index contributed by atoms with van der Waals surface area (Å²) >= 11 is 5.96. The Balaban J connectivity index is 1.44. The van der Waals surface area contributed by atoms with Crippen LogP contribution in [-0.2, 0) is 16.0 Å². The van der Waals surface area contributed by atoms with E-state index in [4.69, 9.17) is 21.1 Å². The molecule has 1 atom stereocenters. The quantitative estimate of drug-likeness (QED) is 0.455. The van der Waals surface area contributed by atoms with E-state index in [2.05, 4.69) is 5.32 Å². The topological polar surface area (TPSA) is 84.9 Å². The van der Waals surface area contributed by atoms with Crippen molar-refractivity contribution >= 4 is 34.9 Å². The number of nitrogens with zero attached hydrogens (tertiary/aromatic N) is 1. The number of hydrogen-bond donors (Lipinski definition) is 1. The lowest BCUT2D eigenvalue weighted by Gasteiger charge is -2.33. The number of nitrogens with one attached hydrogen (secondary N) is 1. The molecule has 35 heavy (non-hydrogen) atoms. The summed E-state index contributed by atoms with van der Waals surface area (Å²) in [5.41, 5.74) is 1.82. The van der Waals surface area contributed by atoms with Crippen molar-refractivity contribution in [2.45, 2.75) is 19.4 Å². The number of ether oxygens (including phenoxy) is 2. The maximum atomic E-state index is 12.8. The third-order valence-corrected chi connectivity index (χ3v) is 5.88. The number of halogens is 1. The van der Waals surface area contributed by atoms with Crippen LogP contribution in [0.5, 0.6) is 11.5 Å². The van der Waals surface area contributed by atoms with E-state index in [1.807, 2.05) is 30.3 Å². The molecule has 3 aromatic carbocycles. The summed E-state index contributed by atoms with van der Waals surface area (Å²) in [5, 5.41) is 3.39. The molecular weight excluding hydrogens is 468 g/mol. The minimum absolute atomic E-state index is 0.181. The summed E-state index contributed by atoms with van der Waals surface area (Å²) in [6, 6.07) is 20.6. The van der Waals surface area contributed by atoms with Crippen LogP contribution in [0.15, 0.2) is 72.8 Å². The highest BCUT2D eigenvalue weighted by atomic mass is 35.5. The van der Waals surface area contributed by atoms with Crippen LogP contribution < -0.4 is 19.7 Å². The van der Waals surface area contributed by atoms with Gasteiger partial charge in [-0.25, -0.2) is 0 Å². The van der Waals surface area contributed by atoms with E-state index in [0.717, 1.165) is 5.56 Å². The van der Waals surface area contributed by atoms with Crippen molar-refractivity contribution in [1.29, 1.82) is 0 Å². The lowest BCUT2D eigenvalue weighted by Crippen LogP contribution is -2.51. The Morgan fingerprint density at radius 2 is 1.89 bits per heavy atom. The van der Waals surface area contributed by atoms with Crippen LogP contribution in [0, 0.1) is 0 Å². The molecule has 7 nitrogen and oxygen atoms in total. The Morgan fingerprint density at radius 1 is 1.09 bits per heavy atom. The zero-order chi connectivity index (χ0) is 24.8. The van der Waals surface area contributed by atoms with Crippen molar-refractivity contribution in [2.24, 2.45) is 0 Å². The van der Waals surface area contributed by atoms with Crippen LogP contribution in [0.3, 0.4) is 0 Å². The molecule has 0 spiro atoms. The molecule has 0 saturated heterocycles. The second-order valence-electron chi connectivity index (χ2n) is 8.11. The van der Waals surface area contributed by atoms with E-state index in [0.29, 0.717) is 40.7 Å². The molecule has 3 aromatic rings. The number of hydrogen-bond acceptors (Lipinski definition) is 5. The summed E-state index contributed by atoms with van der Waals surface area (Å²) in [6.07, 6.45) is 0.679. The normalized spacial score (nSPS) is 13.4. The molecule has 0 radical (unpaired) electrons. The van der Waals surface area contributed by atoms with Crippen molar-refractivity contribution in [1.82, 2.24) is 5.32 Å². The fraction of sp³-hybridized carbons (Fsp3) is 0.222. The van der Waals surface area contributed by atoms with Crippen molar-refractivity contribution in [2.75, 3.05) is 24.7 Å². The Hall–Kier alpha value is -3.84. The van der Waals surface area contributed by atoms with Crippen molar-refractivity contribution in [3.8, 4) is 11.5 Å². The third-order valence-electron chi connectivity index (χ3n) is 5.65.